The summed E-state index contributed by atoms with van der Waals surface area (Å²) in [5.41, 5.74) is 0.574. The number of rotatable bonds is 11. The molecule has 178 valence electrons. The summed E-state index contributed by atoms with van der Waals surface area (Å²) in [5, 5.41) is 34.9. The standard InChI is InChI=1S/C20H26ClFN8O3/c1-10(2)33-16-6-15(29-30-16)26-19-17(21)18(25-13(8-31)9-32)27-20(28-19)24-11(3)14-5-4-12(22)7-23-14/h4-7,10-11,13,31-32H,8-9H2,1-3H3,(H4,24,25,26,27,28,29,30)/t11-/m0/s1. The number of nitrogens with zero attached hydrogens (tertiary/aromatic N) is 4. The van der Waals surface area contributed by atoms with E-state index in [9.17, 15) is 14.6 Å². The maximum atomic E-state index is 13.2. The van der Waals surface area contributed by atoms with Gasteiger partial charge in [0.05, 0.1) is 43.3 Å². The van der Waals surface area contributed by atoms with Crippen LogP contribution in [0.25, 0.3) is 0 Å². The lowest BCUT2D eigenvalue weighted by Gasteiger charge is -2.19. The Kier molecular flexibility index (Phi) is 8.20. The summed E-state index contributed by atoms with van der Waals surface area (Å²) in [5.74, 6) is 0.993. The van der Waals surface area contributed by atoms with E-state index in [1.807, 2.05) is 20.8 Å². The number of aromatic nitrogens is 5. The number of aliphatic hydroxyl groups is 2. The smallest absolute Gasteiger partial charge is 0.227 e. The van der Waals surface area contributed by atoms with Gasteiger partial charge in [0.15, 0.2) is 17.5 Å². The highest BCUT2D eigenvalue weighted by Gasteiger charge is 2.19. The third kappa shape index (κ3) is 6.63. The van der Waals surface area contributed by atoms with Gasteiger partial charge in [0.25, 0.3) is 0 Å². The van der Waals surface area contributed by atoms with E-state index in [0.717, 1.165) is 6.20 Å². The fraction of sp³-hybridized carbons (Fsp3) is 0.400. The third-order valence-electron chi connectivity index (χ3n) is 4.34. The minimum atomic E-state index is -0.689. The fourth-order valence-electron chi connectivity index (χ4n) is 2.75. The number of pyridine rings is 1. The number of ether oxygens (including phenoxy) is 1. The average molecular weight is 481 g/mol. The molecule has 0 radical (unpaired) electrons. The van der Waals surface area contributed by atoms with Crippen LogP contribution < -0.4 is 20.7 Å². The van der Waals surface area contributed by atoms with Crippen molar-refractivity contribution in [1.29, 1.82) is 0 Å². The van der Waals surface area contributed by atoms with Gasteiger partial charge in [0.2, 0.25) is 11.8 Å². The van der Waals surface area contributed by atoms with Crippen molar-refractivity contribution in [2.24, 2.45) is 0 Å². The van der Waals surface area contributed by atoms with Crippen molar-refractivity contribution in [3.05, 3.63) is 40.9 Å². The lowest BCUT2D eigenvalue weighted by molar-refractivity contribution is 0.203. The van der Waals surface area contributed by atoms with Crippen LogP contribution in [0, 0.1) is 5.82 Å². The normalized spacial score (nSPS) is 12.2. The maximum Gasteiger partial charge on any atom is 0.227 e. The highest BCUT2D eigenvalue weighted by Crippen LogP contribution is 2.32. The van der Waals surface area contributed by atoms with Gasteiger partial charge in [0.1, 0.15) is 10.8 Å². The summed E-state index contributed by atoms with van der Waals surface area (Å²) in [6.07, 6.45) is 1.08. The molecule has 0 aliphatic rings. The summed E-state index contributed by atoms with van der Waals surface area (Å²) >= 11 is 6.49. The van der Waals surface area contributed by atoms with E-state index in [0.29, 0.717) is 17.4 Å². The number of anilines is 4. The Morgan fingerprint density at radius 1 is 1.12 bits per heavy atom. The second-order valence-corrected chi connectivity index (χ2v) is 7.82. The molecule has 1 atom stereocenters. The molecule has 0 saturated carbocycles. The SMILES string of the molecule is CC(C)Oc1cc(Nc2nc(N[C@@H](C)c3ccc(F)cn3)nc(NC(CO)CO)c2Cl)n[nH]1. The molecule has 13 heteroatoms. The third-order valence-corrected chi connectivity index (χ3v) is 4.69. The molecule has 0 unspecified atom stereocenters. The second-order valence-electron chi connectivity index (χ2n) is 7.44. The molecule has 33 heavy (non-hydrogen) atoms. The molecule has 11 nitrogen and oxygen atoms in total. The highest BCUT2D eigenvalue weighted by molar-refractivity contribution is 6.35. The van der Waals surface area contributed by atoms with Crippen LogP contribution in [-0.4, -0.2) is 60.7 Å². The van der Waals surface area contributed by atoms with Crippen molar-refractivity contribution < 1.29 is 19.3 Å². The number of halogens is 2. The lowest BCUT2D eigenvalue weighted by atomic mass is 10.2. The number of hydrogen-bond acceptors (Lipinski definition) is 10. The predicted molar refractivity (Wildman–Crippen MR) is 122 cm³/mol. The van der Waals surface area contributed by atoms with Gasteiger partial charge >= 0.3 is 0 Å². The Bertz CT molecular complexity index is 1050. The van der Waals surface area contributed by atoms with Crippen molar-refractivity contribution in [1.82, 2.24) is 25.1 Å². The summed E-state index contributed by atoms with van der Waals surface area (Å²) in [6.45, 7) is 4.91. The summed E-state index contributed by atoms with van der Waals surface area (Å²) < 4.78 is 18.8. The van der Waals surface area contributed by atoms with Crippen LogP contribution in [0.2, 0.25) is 5.02 Å². The molecule has 0 amide bonds. The van der Waals surface area contributed by atoms with Gasteiger partial charge in [-0.2, -0.15) is 15.1 Å². The van der Waals surface area contributed by atoms with Crippen molar-refractivity contribution in [3.8, 4) is 5.88 Å². The molecule has 0 spiro atoms. The zero-order chi connectivity index (χ0) is 24.0. The average Bonchev–Trinajstić information content (AvgIpc) is 3.21. The molecule has 0 aromatic carbocycles. The van der Waals surface area contributed by atoms with E-state index in [2.05, 4.69) is 41.1 Å². The highest BCUT2D eigenvalue weighted by atomic mass is 35.5. The van der Waals surface area contributed by atoms with Gasteiger partial charge in [-0.1, -0.05) is 11.6 Å². The van der Waals surface area contributed by atoms with Gasteiger partial charge in [-0.3, -0.25) is 4.98 Å². The first-order valence-electron chi connectivity index (χ1n) is 10.2. The van der Waals surface area contributed by atoms with E-state index >= 15 is 0 Å². The Morgan fingerprint density at radius 2 is 1.85 bits per heavy atom. The summed E-state index contributed by atoms with van der Waals surface area (Å²) in [4.78, 5) is 12.8. The van der Waals surface area contributed by atoms with Crippen LogP contribution in [0.4, 0.5) is 27.8 Å². The first-order valence-corrected chi connectivity index (χ1v) is 10.6. The predicted octanol–water partition coefficient (Wildman–Crippen LogP) is 2.86. The Morgan fingerprint density at radius 3 is 2.48 bits per heavy atom. The Balaban J connectivity index is 1.89. The quantitative estimate of drug-likeness (QED) is 0.241. The lowest BCUT2D eigenvalue weighted by Crippen LogP contribution is -2.28. The monoisotopic (exact) mass is 480 g/mol. The molecule has 0 aliphatic carbocycles. The first-order chi connectivity index (χ1) is 15.8. The minimum Gasteiger partial charge on any atom is -0.475 e. The van der Waals surface area contributed by atoms with Crippen LogP contribution >= 0.6 is 11.6 Å². The van der Waals surface area contributed by atoms with Gasteiger partial charge in [-0.15, -0.1) is 0 Å². The second kappa shape index (κ2) is 11.1. The van der Waals surface area contributed by atoms with Crippen molar-refractivity contribution in [2.75, 3.05) is 29.2 Å². The molecule has 3 heterocycles. The molecule has 3 aromatic rings. The van der Waals surface area contributed by atoms with Gasteiger partial charge < -0.3 is 30.9 Å². The fourth-order valence-corrected chi connectivity index (χ4v) is 2.93. The van der Waals surface area contributed by atoms with Crippen LogP contribution in [0.15, 0.2) is 24.4 Å². The zero-order valence-electron chi connectivity index (χ0n) is 18.3. The van der Waals surface area contributed by atoms with E-state index < -0.39 is 11.9 Å². The number of aliphatic hydroxyl groups excluding tert-OH is 2. The zero-order valence-corrected chi connectivity index (χ0v) is 19.1. The molecule has 0 aliphatic heterocycles. The largest absolute Gasteiger partial charge is 0.475 e. The van der Waals surface area contributed by atoms with Gasteiger partial charge in [-0.25, -0.2) is 9.49 Å². The van der Waals surface area contributed by atoms with E-state index in [1.54, 1.807) is 12.1 Å². The maximum absolute atomic E-state index is 13.2. The molecule has 0 fully saturated rings. The Hall–Kier alpha value is -3.22. The van der Waals surface area contributed by atoms with Gasteiger partial charge in [-0.05, 0) is 32.9 Å². The van der Waals surface area contributed by atoms with Crippen LogP contribution in [0.5, 0.6) is 5.88 Å². The molecule has 0 saturated heterocycles. The number of aromatic amines is 1. The Labute approximate surface area is 194 Å². The summed E-state index contributed by atoms with van der Waals surface area (Å²) in [6, 6.07) is 3.45. The number of H-pyrrole nitrogens is 1. The minimum absolute atomic E-state index is 0.0389. The topological polar surface area (TPSA) is 153 Å². The molecule has 6 N–H and O–H groups in total. The van der Waals surface area contributed by atoms with Crippen LogP contribution in [0.3, 0.4) is 0 Å². The molecule has 0 bridgehead atoms. The van der Waals surface area contributed by atoms with E-state index in [1.165, 1.54) is 6.07 Å². The summed E-state index contributed by atoms with van der Waals surface area (Å²) in [7, 11) is 0. The van der Waals surface area contributed by atoms with E-state index in [-0.39, 0.29) is 48.0 Å². The molecular weight excluding hydrogens is 455 g/mol. The van der Waals surface area contributed by atoms with Crippen LogP contribution in [-0.2, 0) is 0 Å². The first kappa shape index (κ1) is 24.4. The van der Waals surface area contributed by atoms with E-state index in [4.69, 9.17) is 16.3 Å². The number of nitrogens with one attached hydrogen (secondary N) is 4. The van der Waals surface area contributed by atoms with Crippen molar-refractivity contribution in [3.63, 3.8) is 0 Å². The van der Waals surface area contributed by atoms with Crippen LogP contribution in [0.1, 0.15) is 32.5 Å². The molecular formula is C20H26ClFN8O3. The van der Waals surface area contributed by atoms with Crippen molar-refractivity contribution in [2.45, 2.75) is 39.0 Å². The van der Waals surface area contributed by atoms with Crippen molar-refractivity contribution >= 4 is 35.0 Å². The van der Waals surface area contributed by atoms with Gasteiger partial charge in [0, 0.05) is 6.07 Å². The number of hydrogen-bond donors (Lipinski definition) is 6. The molecule has 3 aromatic heterocycles. The molecule has 3 rings (SSSR count).